The fourth-order valence-electron chi connectivity index (χ4n) is 2.85. The van der Waals surface area contributed by atoms with Crippen molar-refractivity contribution >= 4 is 5.91 Å². The minimum absolute atomic E-state index is 0. The van der Waals surface area contributed by atoms with E-state index in [-0.39, 0.29) is 14.7 Å². The van der Waals surface area contributed by atoms with Gasteiger partial charge in [0, 0.05) is 22.5 Å². The van der Waals surface area contributed by atoms with E-state index in [1.54, 1.807) is 0 Å². The fourth-order valence-corrected chi connectivity index (χ4v) is 2.85. The molecule has 21 heavy (non-hydrogen) atoms. The fraction of sp³-hybridized carbons (Fsp3) is 0.941. The van der Waals surface area contributed by atoms with Crippen LogP contribution in [0, 0.1) is 5.92 Å². The standard InChI is InChI=1S/C17H35N3O.2H2/c1-3-13-20-14-16(15-20)17(21)19-12-10-8-6-5-7-9-11-18-4-2;;/h16,18H,3-15H2,1-2H3,(H,19,21);2*1H. The SMILES string of the molecule is CCCN1CC(C(=O)NCCCCCCCCNCC)C1.[HH].[HH]. The van der Waals surface area contributed by atoms with E-state index in [2.05, 4.69) is 29.4 Å². The molecule has 0 aromatic heterocycles. The molecule has 0 saturated carbocycles. The highest BCUT2D eigenvalue weighted by atomic mass is 16.2. The third kappa shape index (κ3) is 8.42. The van der Waals surface area contributed by atoms with Crippen LogP contribution >= 0.6 is 0 Å². The maximum absolute atomic E-state index is 11.9. The Hall–Kier alpha value is -0.610. The molecule has 0 radical (unpaired) electrons. The van der Waals surface area contributed by atoms with E-state index in [0.29, 0.717) is 0 Å². The summed E-state index contributed by atoms with van der Waals surface area (Å²) in [5, 5.41) is 6.44. The summed E-state index contributed by atoms with van der Waals surface area (Å²) in [7, 11) is 0. The van der Waals surface area contributed by atoms with Crippen molar-refractivity contribution in [2.75, 3.05) is 39.3 Å². The van der Waals surface area contributed by atoms with Crippen molar-refractivity contribution in [1.29, 1.82) is 0 Å². The Bertz CT molecular complexity index is 275. The molecule has 2 N–H and O–H groups in total. The normalized spacial score (nSPS) is 15.9. The van der Waals surface area contributed by atoms with Crippen LogP contribution in [-0.2, 0) is 4.79 Å². The van der Waals surface area contributed by atoms with E-state index in [1.807, 2.05) is 0 Å². The summed E-state index contributed by atoms with van der Waals surface area (Å²) < 4.78 is 0. The van der Waals surface area contributed by atoms with Gasteiger partial charge >= 0.3 is 0 Å². The first-order valence-corrected chi connectivity index (χ1v) is 8.98. The number of unbranched alkanes of at least 4 members (excludes halogenated alkanes) is 5. The molecule has 0 aromatic carbocycles. The van der Waals surface area contributed by atoms with Gasteiger partial charge in [0.05, 0.1) is 5.92 Å². The molecule has 1 amide bonds. The lowest BCUT2D eigenvalue weighted by Crippen LogP contribution is -2.53. The second-order valence-corrected chi connectivity index (χ2v) is 6.22. The average molecular weight is 302 g/mol. The van der Waals surface area contributed by atoms with Crippen LogP contribution in [0.1, 0.15) is 61.6 Å². The molecule has 0 aromatic rings. The zero-order chi connectivity index (χ0) is 15.3. The molecule has 4 heteroatoms. The summed E-state index contributed by atoms with van der Waals surface area (Å²) in [4.78, 5) is 14.2. The molecule has 4 nitrogen and oxygen atoms in total. The van der Waals surface area contributed by atoms with Crippen LogP contribution in [-0.4, -0.2) is 50.1 Å². The zero-order valence-corrected chi connectivity index (χ0v) is 14.1. The molecular weight excluding hydrogens is 262 g/mol. The van der Waals surface area contributed by atoms with Gasteiger partial charge in [-0.15, -0.1) is 0 Å². The predicted molar refractivity (Wildman–Crippen MR) is 93.7 cm³/mol. The molecule has 0 atom stereocenters. The molecule has 1 rings (SSSR count). The van der Waals surface area contributed by atoms with Gasteiger partial charge < -0.3 is 15.5 Å². The second-order valence-electron chi connectivity index (χ2n) is 6.22. The number of hydrogen-bond acceptors (Lipinski definition) is 3. The van der Waals surface area contributed by atoms with Crippen LogP contribution in [0.2, 0.25) is 0 Å². The number of nitrogens with one attached hydrogen (secondary N) is 2. The van der Waals surface area contributed by atoms with Crippen molar-refractivity contribution < 1.29 is 7.65 Å². The summed E-state index contributed by atoms with van der Waals surface area (Å²) in [5.74, 6) is 0.524. The smallest absolute Gasteiger partial charge is 0.225 e. The summed E-state index contributed by atoms with van der Waals surface area (Å²) in [5.41, 5.74) is 0. The number of hydrogen-bond donors (Lipinski definition) is 2. The molecule has 1 fully saturated rings. The lowest BCUT2D eigenvalue weighted by atomic mass is 9.99. The maximum atomic E-state index is 11.9. The first-order valence-electron chi connectivity index (χ1n) is 8.98. The molecular formula is C17H39N3O. The summed E-state index contributed by atoms with van der Waals surface area (Å²) in [6.07, 6.45) is 8.81. The van der Waals surface area contributed by atoms with E-state index in [0.717, 1.165) is 45.7 Å². The lowest BCUT2D eigenvalue weighted by Gasteiger charge is -2.38. The molecule has 0 unspecified atom stereocenters. The largest absolute Gasteiger partial charge is 0.356 e. The molecule has 1 aliphatic heterocycles. The highest BCUT2D eigenvalue weighted by Crippen LogP contribution is 2.15. The first-order chi connectivity index (χ1) is 10.3. The second kappa shape index (κ2) is 12.0. The van der Waals surface area contributed by atoms with Gasteiger partial charge in [0.25, 0.3) is 0 Å². The Morgan fingerprint density at radius 1 is 1.05 bits per heavy atom. The van der Waals surface area contributed by atoms with E-state index in [1.165, 1.54) is 38.5 Å². The van der Waals surface area contributed by atoms with E-state index >= 15 is 0 Å². The van der Waals surface area contributed by atoms with Gasteiger partial charge in [-0.3, -0.25) is 4.79 Å². The average Bonchev–Trinajstić information content (AvgIpc) is 2.44. The first kappa shape index (κ1) is 18.4. The van der Waals surface area contributed by atoms with Gasteiger partial charge in [-0.1, -0.05) is 39.5 Å². The minimum atomic E-state index is 0. The molecule has 0 aliphatic carbocycles. The number of likely N-dealkylation sites (tertiary alicyclic amines) is 1. The summed E-state index contributed by atoms with van der Waals surface area (Å²) in [6, 6.07) is 0. The molecule has 1 aliphatic rings. The van der Waals surface area contributed by atoms with Crippen molar-refractivity contribution in [1.82, 2.24) is 15.5 Å². The lowest BCUT2D eigenvalue weighted by molar-refractivity contribution is -0.130. The van der Waals surface area contributed by atoms with Crippen LogP contribution in [0.3, 0.4) is 0 Å². The highest BCUT2D eigenvalue weighted by molar-refractivity contribution is 5.79. The number of nitrogens with zero attached hydrogens (tertiary/aromatic N) is 1. The minimum Gasteiger partial charge on any atom is -0.356 e. The predicted octanol–water partition coefficient (Wildman–Crippen LogP) is 2.89. The number of carbonyl (C=O) groups excluding carboxylic acids is 1. The summed E-state index contributed by atoms with van der Waals surface area (Å²) >= 11 is 0. The van der Waals surface area contributed by atoms with Gasteiger partial charge in [-0.05, 0) is 38.9 Å². The third-order valence-corrected chi connectivity index (χ3v) is 4.20. The molecule has 0 spiro atoms. The van der Waals surface area contributed by atoms with Crippen molar-refractivity contribution in [3.8, 4) is 0 Å². The van der Waals surface area contributed by atoms with Crippen molar-refractivity contribution in [2.24, 2.45) is 5.92 Å². The van der Waals surface area contributed by atoms with Crippen LogP contribution in [0.4, 0.5) is 0 Å². The van der Waals surface area contributed by atoms with E-state index in [4.69, 9.17) is 0 Å². The number of carbonyl (C=O) groups is 1. The Balaban J connectivity index is 0. The van der Waals surface area contributed by atoms with Crippen LogP contribution in [0.5, 0.6) is 0 Å². The van der Waals surface area contributed by atoms with Gasteiger partial charge in [0.15, 0.2) is 0 Å². The summed E-state index contributed by atoms with van der Waals surface area (Å²) in [6.45, 7) is 10.5. The molecule has 128 valence electrons. The third-order valence-electron chi connectivity index (χ3n) is 4.20. The topological polar surface area (TPSA) is 44.4 Å². The number of rotatable bonds is 13. The van der Waals surface area contributed by atoms with Gasteiger partial charge in [-0.2, -0.15) is 0 Å². The number of amides is 1. The highest BCUT2D eigenvalue weighted by Gasteiger charge is 2.31. The van der Waals surface area contributed by atoms with Gasteiger partial charge in [0.1, 0.15) is 0 Å². The monoisotopic (exact) mass is 301 g/mol. The van der Waals surface area contributed by atoms with Crippen molar-refractivity contribution in [2.45, 2.75) is 58.8 Å². The Labute approximate surface area is 134 Å². The molecule has 0 bridgehead atoms. The van der Waals surface area contributed by atoms with E-state index < -0.39 is 0 Å². The van der Waals surface area contributed by atoms with Crippen LogP contribution in [0.25, 0.3) is 0 Å². The Morgan fingerprint density at radius 2 is 1.67 bits per heavy atom. The quantitative estimate of drug-likeness (QED) is 0.514. The zero-order valence-electron chi connectivity index (χ0n) is 14.1. The maximum Gasteiger partial charge on any atom is 0.225 e. The van der Waals surface area contributed by atoms with Crippen molar-refractivity contribution in [3.05, 3.63) is 0 Å². The molecule has 1 heterocycles. The van der Waals surface area contributed by atoms with Crippen LogP contribution < -0.4 is 10.6 Å². The Morgan fingerprint density at radius 3 is 2.29 bits per heavy atom. The van der Waals surface area contributed by atoms with Crippen LogP contribution in [0.15, 0.2) is 0 Å². The van der Waals surface area contributed by atoms with Crippen molar-refractivity contribution in [3.63, 3.8) is 0 Å². The van der Waals surface area contributed by atoms with Gasteiger partial charge in [0.2, 0.25) is 5.91 Å². The Kier molecular flexibility index (Phi) is 10.5. The van der Waals surface area contributed by atoms with Gasteiger partial charge in [-0.25, -0.2) is 0 Å². The molecule has 1 saturated heterocycles. The van der Waals surface area contributed by atoms with E-state index in [9.17, 15) is 4.79 Å².